The largest absolute Gasteiger partial charge is 0.475 e. The Hall–Kier alpha value is -1.17. The predicted octanol–water partition coefficient (Wildman–Crippen LogP) is 1.77. The van der Waals surface area contributed by atoms with Crippen molar-refractivity contribution in [2.24, 2.45) is 0 Å². The normalized spacial score (nSPS) is 14.4. The monoisotopic (exact) mass is 280 g/mol. The van der Waals surface area contributed by atoms with E-state index < -0.39 is 0 Å². The molecule has 0 unspecified atom stereocenters. The number of aromatic nitrogens is 1. The van der Waals surface area contributed by atoms with Crippen LogP contribution in [0.4, 0.5) is 0 Å². The van der Waals surface area contributed by atoms with Crippen LogP contribution in [-0.4, -0.2) is 44.6 Å². The van der Waals surface area contributed by atoms with E-state index in [9.17, 15) is 0 Å². The Morgan fingerprint density at radius 1 is 1.25 bits per heavy atom. The first-order chi connectivity index (χ1) is 9.88. The topological polar surface area (TPSA) is 52.6 Å². The number of nitrogens with one attached hydrogen (secondary N) is 1. The highest BCUT2D eigenvalue weighted by Crippen LogP contribution is 2.19. The minimum Gasteiger partial charge on any atom is -0.475 e. The van der Waals surface area contributed by atoms with Crippen LogP contribution in [0.5, 0.6) is 5.88 Å². The second-order valence-corrected chi connectivity index (χ2v) is 4.96. The zero-order valence-corrected chi connectivity index (χ0v) is 12.1. The molecule has 0 bridgehead atoms. The lowest BCUT2D eigenvalue weighted by molar-refractivity contribution is 0.0795. The van der Waals surface area contributed by atoms with Gasteiger partial charge in [-0.25, -0.2) is 4.98 Å². The Kier molecular flexibility index (Phi) is 6.77. The average molecular weight is 280 g/mol. The molecule has 1 N–H and O–H groups in total. The molecule has 0 saturated heterocycles. The van der Waals surface area contributed by atoms with Crippen molar-refractivity contribution in [3.63, 3.8) is 0 Å². The SMILES string of the molecule is COCCCOCCOc1cc(CNC2CC2)ccn1. The van der Waals surface area contributed by atoms with Gasteiger partial charge in [0, 0.05) is 45.2 Å². The molecule has 5 heteroatoms. The number of hydrogen-bond donors (Lipinski definition) is 1. The molecule has 2 rings (SSSR count). The number of hydrogen-bond acceptors (Lipinski definition) is 5. The van der Waals surface area contributed by atoms with E-state index in [2.05, 4.69) is 10.3 Å². The summed E-state index contributed by atoms with van der Waals surface area (Å²) in [7, 11) is 1.69. The second-order valence-electron chi connectivity index (χ2n) is 4.96. The molecule has 5 nitrogen and oxygen atoms in total. The first-order valence-corrected chi connectivity index (χ1v) is 7.26. The molecule has 1 aliphatic carbocycles. The molecule has 0 atom stereocenters. The standard InChI is InChI=1S/C15H24N2O3/c1-18-7-2-8-19-9-10-20-15-11-13(5-6-16-15)12-17-14-3-4-14/h5-6,11,14,17H,2-4,7-10,12H2,1H3. The van der Waals surface area contributed by atoms with Crippen LogP contribution in [-0.2, 0) is 16.0 Å². The Balaban J connectivity index is 1.58. The third-order valence-electron chi connectivity index (χ3n) is 3.09. The lowest BCUT2D eigenvalue weighted by atomic mass is 10.2. The minimum absolute atomic E-state index is 0.527. The molecule has 1 saturated carbocycles. The summed E-state index contributed by atoms with van der Waals surface area (Å²) in [5.41, 5.74) is 1.21. The average Bonchev–Trinajstić information content (AvgIpc) is 3.29. The quantitative estimate of drug-likeness (QED) is 0.626. The highest BCUT2D eigenvalue weighted by atomic mass is 16.5. The molecular formula is C15H24N2O3. The highest BCUT2D eigenvalue weighted by Gasteiger charge is 2.19. The van der Waals surface area contributed by atoms with Gasteiger partial charge in [0.1, 0.15) is 6.61 Å². The highest BCUT2D eigenvalue weighted by molar-refractivity contribution is 5.20. The second kappa shape index (κ2) is 8.89. The predicted molar refractivity (Wildman–Crippen MR) is 76.9 cm³/mol. The first kappa shape index (κ1) is 15.2. The third-order valence-corrected chi connectivity index (χ3v) is 3.09. The van der Waals surface area contributed by atoms with Crippen LogP contribution < -0.4 is 10.1 Å². The maximum Gasteiger partial charge on any atom is 0.213 e. The lowest BCUT2D eigenvalue weighted by Gasteiger charge is -2.08. The van der Waals surface area contributed by atoms with Gasteiger partial charge >= 0.3 is 0 Å². The Morgan fingerprint density at radius 3 is 2.95 bits per heavy atom. The summed E-state index contributed by atoms with van der Waals surface area (Å²) in [5.74, 6) is 0.667. The molecule has 0 aromatic carbocycles. The van der Waals surface area contributed by atoms with Crippen molar-refractivity contribution >= 4 is 0 Å². The molecular weight excluding hydrogens is 256 g/mol. The Labute approximate surface area is 120 Å². The van der Waals surface area contributed by atoms with Crippen molar-refractivity contribution < 1.29 is 14.2 Å². The summed E-state index contributed by atoms with van der Waals surface area (Å²) >= 11 is 0. The molecule has 0 radical (unpaired) electrons. The molecule has 0 spiro atoms. The van der Waals surface area contributed by atoms with Gasteiger partial charge in [0.05, 0.1) is 6.61 Å². The van der Waals surface area contributed by atoms with E-state index in [-0.39, 0.29) is 0 Å². The molecule has 112 valence electrons. The fourth-order valence-electron chi connectivity index (χ4n) is 1.80. The number of pyridine rings is 1. The van der Waals surface area contributed by atoms with Gasteiger partial charge in [0.15, 0.2) is 0 Å². The van der Waals surface area contributed by atoms with Gasteiger partial charge in [-0.3, -0.25) is 0 Å². The molecule has 1 heterocycles. The molecule has 1 fully saturated rings. The van der Waals surface area contributed by atoms with Gasteiger partial charge in [0.2, 0.25) is 5.88 Å². The van der Waals surface area contributed by atoms with Crippen molar-refractivity contribution in [1.82, 2.24) is 10.3 Å². The van der Waals surface area contributed by atoms with Crippen LogP contribution in [0.1, 0.15) is 24.8 Å². The van der Waals surface area contributed by atoms with E-state index in [1.165, 1.54) is 18.4 Å². The maximum absolute atomic E-state index is 5.58. The molecule has 1 aliphatic rings. The summed E-state index contributed by atoms with van der Waals surface area (Å²) < 4.78 is 16.0. The minimum atomic E-state index is 0.527. The zero-order chi connectivity index (χ0) is 14.0. The first-order valence-electron chi connectivity index (χ1n) is 7.26. The summed E-state index contributed by atoms with van der Waals surface area (Å²) in [6.07, 6.45) is 5.31. The molecule has 20 heavy (non-hydrogen) atoms. The summed E-state index contributed by atoms with van der Waals surface area (Å²) in [6.45, 7) is 3.43. The number of methoxy groups -OCH3 is 1. The Bertz CT molecular complexity index is 383. The van der Waals surface area contributed by atoms with Crippen molar-refractivity contribution in [1.29, 1.82) is 0 Å². The van der Waals surface area contributed by atoms with Gasteiger partial charge in [-0.05, 0) is 30.9 Å². The molecule has 1 aromatic rings. The van der Waals surface area contributed by atoms with Crippen molar-refractivity contribution in [2.45, 2.75) is 31.8 Å². The van der Waals surface area contributed by atoms with Crippen molar-refractivity contribution in [3.8, 4) is 5.88 Å². The lowest BCUT2D eigenvalue weighted by Crippen LogP contribution is -2.15. The molecule has 0 aliphatic heterocycles. The van der Waals surface area contributed by atoms with Crippen LogP contribution in [0.25, 0.3) is 0 Å². The van der Waals surface area contributed by atoms with Gasteiger partial charge in [-0.2, -0.15) is 0 Å². The van der Waals surface area contributed by atoms with Gasteiger partial charge in [0.25, 0.3) is 0 Å². The van der Waals surface area contributed by atoms with E-state index in [4.69, 9.17) is 14.2 Å². The number of ether oxygens (including phenoxy) is 3. The summed E-state index contributed by atoms with van der Waals surface area (Å²) in [5, 5.41) is 3.48. The van der Waals surface area contributed by atoms with Crippen molar-refractivity contribution in [3.05, 3.63) is 23.9 Å². The van der Waals surface area contributed by atoms with E-state index in [1.54, 1.807) is 13.3 Å². The maximum atomic E-state index is 5.58. The fraction of sp³-hybridized carbons (Fsp3) is 0.667. The van der Waals surface area contributed by atoms with Crippen LogP contribution in [0.2, 0.25) is 0 Å². The fourth-order valence-corrected chi connectivity index (χ4v) is 1.80. The zero-order valence-electron chi connectivity index (χ0n) is 12.1. The molecule has 0 amide bonds. The van der Waals surface area contributed by atoms with E-state index in [1.807, 2.05) is 12.1 Å². The van der Waals surface area contributed by atoms with Crippen LogP contribution >= 0.6 is 0 Å². The van der Waals surface area contributed by atoms with Gasteiger partial charge in [-0.1, -0.05) is 0 Å². The van der Waals surface area contributed by atoms with E-state index in [0.717, 1.165) is 19.6 Å². The number of nitrogens with zero attached hydrogens (tertiary/aromatic N) is 1. The smallest absolute Gasteiger partial charge is 0.213 e. The van der Waals surface area contributed by atoms with Crippen LogP contribution in [0, 0.1) is 0 Å². The summed E-state index contributed by atoms with van der Waals surface area (Å²) in [4.78, 5) is 4.20. The van der Waals surface area contributed by atoms with E-state index >= 15 is 0 Å². The third kappa shape index (κ3) is 6.32. The van der Waals surface area contributed by atoms with Gasteiger partial charge in [-0.15, -0.1) is 0 Å². The number of rotatable bonds is 11. The summed E-state index contributed by atoms with van der Waals surface area (Å²) in [6, 6.07) is 4.72. The van der Waals surface area contributed by atoms with Crippen molar-refractivity contribution in [2.75, 3.05) is 33.5 Å². The Morgan fingerprint density at radius 2 is 2.15 bits per heavy atom. The molecule has 1 aromatic heterocycles. The van der Waals surface area contributed by atoms with E-state index in [0.29, 0.717) is 31.7 Å². The van der Waals surface area contributed by atoms with Gasteiger partial charge < -0.3 is 19.5 Å². The van der Waals surface area contributed by atoms with Crippen LogP contribution in [0.15, 0.2) is 18.3 Å². The van der Waals surface area contributed by atoms with Crippen LogP contribution in [0.3, 0.4) is 0 Å².